The second-order valence-corrected chi connectivity index (χ2v) is 4.00. The molecule has 1 saturated heterocycles. The molecule has 3 nitrogen and oxygen atoms in total. The van der Waals surface area contributed by atoms with Crippen molar-refractivity contribution in [3.63, 3.8) is 0 Å². The number of nitrogens with zero attached hydrogens (tertiary/aromatic N) is 1. The molecule has 1 fully saturated rings. The Kier molecular flexibility index (Phi) is 2.87. The minimum absolute atomic E-state index is 0.0174. The van der Waals surface area contributed by atoms with Crippen LogP contribution in [0.25, 0.3) is 0 Å². The van der Waals surface area contributed by atoms with Gasteiger partial charge in [-0.2, -0.15) is 0 Å². The second-order valence-electron chi connectivity index (χ2n) is 4.00. The topological polar surface area (TPSA) is 18.5 Å². The van der Waals surface area contributed by atoms with Gasteiger partial charge in [0.15, 0.2) is 0 Å². The first-order valence-corrected chi connectivity index (χ1v) is 4.11. The molecule has 0 bridgehead atoms. The van der Waals surface area contributed by atoms with Crippen molar-refractivity contribution in [2.45, 2.75) is 12.7 Å². The zero-order valence-electron chi connectivity index (χ0n) is 7.67. The zero-order chi connectivity index (χ0) is 8.32. The molecule has 11 heavy (non-hydrogen) atoms. The molecule has 0 amide bonds. The Morgan fingerprint density at radius 2 is 1.73 bits per heavy atom. The number of quaternary nitrogens is 1. The Morgan fingerprint density at radius 1 is 1.18 bits per heavy atom. The Morgan fingerprint density at radius 3 is 2.18 bits per heavy atom. The van der Waals surface area contributed by atoms with Crippen LogP contribution in [0.2, 0.25) is 0 Å². The fourth-order valence-electron chi connectivity index (χ4n) is 1.09. The van der Waals surface area contributed by atoms with Gasteiger partial charge < -0.3 is 14.0 Å². The summed E-state index contributed by atoms with van der Waals surface area (Å²) in [5, 5.41) is 0. The standard InChI is InChI=1S/C8H18NO2/c1-9(2,3)7-8-10-5-4-6-11-8/h8H,4-7H2,1-3H3/q+1. The van der Waals surface area contributed by atoms with Crippen LogP contribution in [0.3, 0.4) is 0 Å². The fourth-order valence-corrected chi connectivity index (χ4v) is 1.09. The van der Waals surface area contributed by atoms with Gasteiger partial charge in [-0.25, -0.2) is 0 Å². The number of likely N-dealkylation sites (N-methyl/N-ethyl adjacent to an activating group) is 1. The summed E-state index contributed by atoms with van der Waals surface area (Å²) in [7, 11) is 6.42. The van der Waals surface area contributed by atoms with E-state index in [1.165, 1.54) is 0 Å². The van der Waals surface area contributed by atoms with E-state index in [0.717, 1.165) is 30.7 Å². The molecule has 3 heteroatoms. The summed E-state index contributed by atoms with van der Waals surface area (Å²) >= 11 is 0. The molecule has 0 atom stereocenters. The Balaban J connectivity index is 2.24. The van der Waals surface area contributed by atoms with Gasteiger partial charge in [0.2, 0.25) is 6.29 Å². The van der Waals surface area contributed by atoms with Crippen molar-refractivity contribution in [3.05, 3.63) is 0 Å². The minimum atomic E-state index is 0.0174. The molecule has 0 aromatic heterocycles. The molecule has 0 aliphatic carbocycles. The van der Waals surface area contributed by atoms with Gasteiger partial charge in [0.05, 0.1) is 34.4 Å². The number of hydrogen-bond acceptors (Lipinski definition) is 2. The quantitative estimate of drug-likeness (QED) is 0.546. The van der Waals surface area contributed by atoms with Gasteiger partial charge in [0.1, 0.15) is 6.54 Å². The molecule has 66 valence electrons. The lowest BCUT2D eigenvalue weighted by molar-refractivity contribution is -0.877. The zero-order valence-corrected chi connectivity index (χ0v) is 7.67. The van der Waals surface area contributed by atoms with E-state index < -0.39 is 0 Å². The highest BCUT2D eigenvalue weighted by molar-refractivity contribution is 4.49. The number of ether oxygens (including phenoxy) is 2. The molecule has 1 heterocycles. The fraction of sp³-hybridized carbons (Fsp3) is 1.00. The van der Waals surface area contributed by atoms with Crippen LogP contribution in [0.4, 0.5) is 0 Å². The largest absolute Gasteiger partial charge is 0.347 e. The van der Waals surface area contributed by atoms with Gasteiger partial charge in [0, 0.05) is 0 Å². The Hall–Kier alpha value is -0.120. The summed E-state index contributed by atoms with van der Waals surface area (Å²) in [6.07, 6.45) is 1.05. The summed E-state index contributed by atoms with van der Waals surface area (Å²) in [6, 6.07) is 0. The Labute approximate surface area is 68.5 Å². The highest BCUT2D eigenvalue weighted by Gasteiger charge is 2.21. The molecular weight excluding hydrogens is 142 g/mol. The molecule has 0 saturated carbocycles. The van der Waals surface area contributed by atoms with Gasteiger partial charge in [-0.05, 0) is 6.42 Å². The molecule has 0 aromatic rings. The Bertz CT molecular complexity index is 114. The summed E-state index contributed by atoms with van der Waals surface area (Å²) in [5.41, 5.74) is 0. The number of hydrogen-bond donors (Lipinski definition) is 0. The molecule has 1 rings (SSSR count). The van der Waals surface area contributed by atoms with E-state index in [2.05, 4.69) is 21.1 Å². The lowest BCUT2D eigenvalue weighted by Gasteiger charge is -2.31. The highest BCUT2D eigenvalue weighted by Crippen LogP contribution is 2.07. The average molecular weight is 160 g/mol. The van der Waals surface area contributed by atoms with Crippen molar-refractivity contribution in [1.29, 1.82) is 0 Å². The van der Waals surface area contributed by atoms with Crippen molar-refractivity contribution >= 4 is 0 Å². The van der Waals surface area contributed by atoms with E-state index in [0.29, 0.717) is 0 Å². The van der Waals surface area contributed by atoms with E-state index in [4.69, 9.17) is 9.47 Å². The van der Waals surface area contributed by atoms with Crippen LogP contribution >= 0.6 is 0 Å². The average Bonchev–Trinajstić information content (AvgIpc) is 1.85. The van der Waals surface area contributed by atoms with Crippen molar-refractivity contribution in [2.75, 3.05) is 40.9 Å². The predicted octanol–water partition coefficient (Wildman–Crippen LogP) is 0.456. The molecule has 0 aromatic carbocycles. The van der Waals surface area contributed by atoms with Crippen LogP contribution < -0.4 is 0 Å². The molecule has 0 unspecified atom stereocenters. The normalized spacial score (nSPS) is 22.1. The van der Waals surface area contributed by atoms with Crippen LogP contribution in [0.1, 0.15) is 6.42 Å². The maximum atomic E-state index is 5.42. The lowest BCUT2D eigenvalue weighted by Crippen LogP contribution is -2.44. The van der Waals surface area contributed by atoms with Crippen LogP contribution in [0.15, 0.2) is 0 Å². The molecule has 1 aliphatic rings. The van der Waals surface area contributed by atoms with Crippen LogP contribution in [0, 0.1) is 0 Å². The van der Waals surface area contributed by atoms with Gasteiger partial charge in [0.25, 0.3) is 0 Å². The summed E-state index contributed by atoms with van der Waals surface area (Å²) < 4.78 is 11.7. The first kappa shape index (κ1) is 8.97. The molecule has 0 N–H and O–H groups in total. The van der Waals surface area contributed by atoms with E-state index in [-0.39, 0.29) is 6.29 Å². The van der Waals surface area contributed by atoms with Crippen LogP contribution in [-0.4, -0.2) is 51.7 Å². The van der Waals surface area contributed by atoms with E-state index in [9.17, 15) is 0 Å². The minimum Gasteiger partial charge on any atom is -0.347 e. The number of rotatable bonds is 2. The second kappa shape index (κ2) is 3.52. The van der Waals surface area contributed by atoms with E-state index >= 15 is 0 Å². The molecule has 1 aliphatic heterocycles. The SMILES string of the molecule is C[N+](C)(C)CC1OCCCO1. The van der Waals surface area contributed by atoms with Gasteiger partial charge in [-0.1, -0.05) is 0 Å². The van der Waals surface area contributed by atoms with Crippen molar-refractivity contribution in [1.82, 2.24) is 0 Å². The summed E-state index contributed by atoms with van der Waals surface area (Å²) in [4.78, 5) is 0. The maximum absolute atomic E-state index is 5.42. The maximum Gasteiger partial charge on any atom is 0.207 e. The van der Waals surface area contributed by atoms with Gasteiger partial charge in [-0.3, -0.25) is 0 Å². The van der Waals surface area contributed by atoms with Crippen molar-refractivity contribution < 1.29 is 14.0 Å². The van der Waals surface area contributed by atoms with Crippen molar-refractivity contribution in [2.24, 2.45) is 0 Å². The summed E-state index contributed by atoms with van der Waals surface area (Å²) in [6.45, 7) is 2.63. The monoisotopic (exact) mass is 160 g/mol. The van der Waals surface area contributed by atoms with Gasteiger partial charge in [-0.15, -0.1) is 0 Å². The van der Waals surface area contributed by atoms with E-state index in [1.54, 1.807) is 0 Å². The third kappa shape index (κ3) is 3.70. The molecular formula is C8H18NO2+. The smallest absolute Gasteiger partial charge is 0.207 e. The first-order chi connectivity index (χ1) is 5.08. The highest BCUT2D eigenvalue weighted by atomic mass is 16.7. The predicted molar refractivity (Wildman–Crippen MR) is 43.2 cm³/mol. The third-order valence-electron chi connectivity index (χ3n) is 1.59. The van der Waals surface area contributed by atoms with Gasteiger partial charge >= 0.3 is 0 Å². The third-order valence-corrected chi connectivity index (χ3v) is 1.59. The lowest BCUT2D eigenvalue weighted by atomic mass is 10.4. The van der Waals surface area contributed by atoms with Crippen LogP contribution in [-0.2, 0) is 9.47 Å². The van der Waals surface area contributed by atoms with Crippen molar-refractivity contribution in [3.8, 4) is 0 Å². The first-order valence-electron chi connectivity index (χ1n) is 4.11. The molecule has 0 radical (unpaired) electrons. The summed E-state index contributed by atoms with van der Waals surface area (Å²) in [5.74, 6) is 0. The molecule has 0 spiro atoms. The van der Waals surface area contributed by atoms with E-state index in [1.807, 2.05) is 0 Å². The van der Waals surface area contributed by atoms with Crippen LogP contribution in [0.5, 0.6) is 0 Å².